The van der Waals surface area contributed by atoms with E-state index in [9.17, 15) is 0 Å². The number of aromatic nitrogens is 3. The van der Waals surface area contributed by atoms with Gasteiger partial charge in [-0.25, -0.2) is 15.0 Å². The van der Waals surface area contributed by atoms with Crippen molar-refractivity contribution >= 4 is 28.4 Å². The van der Waals surface area contributed by atoms with Crippen LogP contribution in [0.15, 0.2) is 218 Å². The molecule has 1 aliphatic carbocycles. The third-order valence-electron chi connectivity index (χ3n) is 10.0. The van der Waals surface area contributed by atoms with Gasteiger partial charge in [0.05, 0.1) is 6.04 Å². The highest BCUT2D eigenvalue weighted by molar-refractivity contribution is 5.78. The SMILES string of the molecule is C1=CCC(N(c2ccccc2)c2ccc(-c3nc(-c4ccc(-c5ccccc5)cc4)nc(-c4ccc(N(c5ccccc5)c5ccccc5)cc4)n3)cc2)C=C1. The number of hydrogen-bond donors (Lipinski definition) is 0. The fourth-order valence-corrected chi connectivity index (χ4v) is 7.22. The quantitative estimate of drug-likeness (QED) is 0.141. The maximum atomic E-state index is 5.11. The largest absolute Gasteiger partial charge is 0.334 e. The molecule has 0 aliphatic heterocycles. The Morgan fingerprint density at radius 1 is 0.339 bits per heavy atom. The van der Waals surface area contributed by atoms with Gasteiger partial charge in [0.2, 0.25) is 0 Å². The minimum Gasteiger partial charge on any atom is -0.334 e. The molecule has 0 N–H and O–H groups in total. The van der Waals surface area contributed by atoms with E-state index in [1.54, 1.807) is 0 Å². The Morgan fingerprint density at radius 2 is 0.696 bits per heavy atom. The highest BCUT2D eigenvalue weighted by Crippen LogP contribution is 2.36. The van der Waals surface area contributed by atoms with E-state index in [1.807, 2.05) is 18.2 Å². The summed E-state index contributed by atoms with van der Waals surface area (Å²) in [7, 11) is 0. The van der Waals surface area contributed by atoms with E-state index >= 15 is 0 Å². The van der Waals surface area contributed by atoms with Gasteiger partial charge >= 0.3 is 0 Å². The number of anilines is 5. The van der Waals surface area contributed by atoms with Gasteiger partial charge in [-0.2, -0.15) is 0 Å². The van der Waals surface area contributed by atoms with Gasteiger partial charge in [0.25, 0.3) is 0 Å². The lowest BCUT2D eigenvalue weighted by Gasteiger charge is -2.32. The Hall–Kier alpha value is -7.37. The fraction of sp³-hybridized carbons (Fsp3) is 0.0392. The summed E-state index contributed by atoms with van der Waals surface area (Å²) in [6.45, 7) is 0. The molecule has 5 heteroatoms. The molecule has 0 saturated heterocycles. The van der Waals surface area contributed by atoms with Crippen LogP contribution in [0.2, 0.25) is 0 Å². The maximum Gasteiger partial charge on any atom is 0.164 e. The van der Waals surface area contributed by atoms with Crippen molar-refractivity contribution < 1.29 is 0 Å². The van der Waals surface area contributed by atoms with Gasteiger partial charge in [-0.15, -0.1) is 0 Å². The molecule has 0 radical (unpaired) electrons. The normalized spacial score (nSPS) is 13.3. The number of nitrogens with zero attached hydrogens (tertiary/aromatic N) is 5. The molecule has 1 aromatic heterocycles. The molecule has 8 aromatic rings. The predicted molar refractivity (Wildman–Crippen MR) is 232 cm³/mol. The summed E-state index contributed by atoms with van der Waals surface area (Å²) in [5, 5.41) is 0. The zero-order valence-electron chi connectivity index (χ0n) is 30.8. The lowest BCUT2D eigenvalue weighted by molar-refractivity contribution is 0.785. The molecule has 7 aromatic carbocycles. The molecular weight excluding hydrogens is 683 g/mol. The molecule has 1 heterocycles. The first kappa shape index (κ1) is 34.4. The Morgan fingerprint density at radius 3 is 1.16 bits per heavy atom. The molecule has 5 nitrogen and oxygen atoms in total. The van der Waals surface area contributed by atoms with Gasteiger partial charge in [-0.05, 0) is 102 Å². The lowest BCUT2D eigenvalue weighted by Crippen LogP contribution is -2.29. The summed E-state index contributed by atoms with van der Waals surface area (Å²) >= 11 is 0. The van der Waals surface area contributed by atoms with Crippen LogP contribution in [0.5, 0.6) is 0 Å². The Labute approximate surface area is 328 Å². The molecule has 1 aliphatic rings. The number of para-hydroxylation sites is 3. The van der Waals surface area contributed by atoms with Gasteiger partial charge < -0.3 is 9.80 Å². The smallest absolute Gasteiger partial charge is 0.164 e. The third kappa shape index (κ3) is 7.39. The van der Waals surface area contributed by atoms with Gasteiger partial charge in [0.15, 0.2) is 17.5 Å². The van der Waals surface area contributed by atoms with Crippen molar-refractivity contribution in [3.8, 4) is 45.3 Å². The molecule has 0 amide bonds. The summed E-state index contributed by atoms with van der Waals surface area (Å²) in [6.07, 6.45) is 9.67. The number of rotatable bonds is 10. The van der Waals surface area contributed by atoms with E-state index in [1.165, 1.54) is 5.56 Å². The van der Waals surface area contributed by atoms with Crippen molar-refractivity contribution in [3.05, 3.63) is 218 Å². The zero-order chi connectivity index (χ0) is 37.5. The number of benzene rings is 7. The second-order valence-corrected chi connectivity index (χ2v) is 13.7. The number of allylic oxidation sites excluding steroid dienone is 2. The van der Waals surface area contributed by atoms with Gasteiger partial charge in [-0.1, -0.05) is 133 Å². The molecule has 0 bridgehead atoms. The summed E-state index contributed by atoms with van der Waals surface area (Å²) in [6, 6.07) is 67.5. The average molecular weight is 722 g/mol. The zero-order valence-corrected chi connectivity index (χ0v) is 30.8. The van der Waals surface area contributed by atoms with Crippen molar-refractivity contribution in [2.24, 2.45) is 0 Å². The van der Waals surface area contributed by atoms with Crippen molar-refractivity contribution in [2.45, 2.75) is 12.5 Å². The molecule has 56 heavy (non-hydrogen) atoms. The third-order valence-corrected chi connectivity index (χ3v) is 10.0. The molecule has 0 saturated carbocycles. The highest BCUT2D eigenvalue weighted by atomic mass is 15.2. The van der Waals surface area contributed by atoms with E-state index in [0.29, 0.717) is 17.5 Å². The number of hydrogen-bond acceptors (Lipinski definition) is 5. The van der Waals surface area contributed by atoms with E-state index in [-0.39, 0.29) is 6.04 Å². The van der Waals surface area contributed by atoms with E-state index in [4.69, 9.17) is 15.0 Å². The first-order valence-corrected chi connectivity index (χ1v) is 19.0. The van der Waals surface area contributed by atoms with Crippen LogP contribution < -0.4 is 9.80 Å². The second kappa shape index (κ2) is 15.9. The summed E-state index contributed by atoms with van der Waals surface area (Å²) in [5.41, 5.74) is 10.5. The van der Waals surface area contributed by atoms with Crippen LogP contribution in [0, 0.1) is 0 Å². The van der Waals surface area contributed by atoms with Crippen LogP contribution >= 0.6 is 0 Å². The van der Waals surface area contributed by atoms with Crippen LogP contribution in [0.4, 0.5) is 28.4 Å². The first-order valence-electron chi connectivity index (χ1n) is 19.0. The fourth-order valence-electron chi connectivity index (χ4n) is 7.22. The van der Waals surface area contributed by atoms with Crippen LogP contribution in [0.25, 0.3) is 45.3 Å². The van der Waals surface area contributed by atoms with Crippen LogP contribution in [-0.4, -0.2) is 21.0 Å². The molecular formula is C51H39N5. The van der Waals surface area contributed by atoms with E-state index in [0.717, 1.165) is 57.1 Å². The lowest BCUT2D eigenvalue weighted by atomic mass is 10.0. The van der Waals surface area contributed by atoms with Crippen molar-refractivity contribution in [1.82, 2.24) is 15.0 Å². The average Bonchev–Trinajstić information content (AvgIpc) is 3.29. The molecule has 268 valence electrons. The summed E-state index contributed by atoms with van der Waals surface area (Å²) < 4.78 is 0. The molecule has 9 rings (SSSR count). The molecule has 0 spiro atoms. The van der Waals surface area contributed by atoms with Gasteiger partial charge in [0.1, 0.15) is 0 Å². The Balaban J connectivity index is 1.10. The summed E-state index contributed by atoms with van der Waals surface area (Å²) in [4.78, 5) is 19.9. The monoisotopic (exact) mass is 721 g/mol. The van der Waals surface area contributed by atoms with Gasteiger partial charge in [-0.3, -0.25) is 0 Å². The molecule has 1 unspecified atom stereocenters. The van der Waals surface area contributed by atoms with Crippen LogP contribution in [0.3, 0.4) is 0 Å². The maximum absolute atomic E-state index is 5.11. The predicted octanol–water partition coefficient (Wildman–Crippen LogP) is 13.0. The van der Waals surface area contributed by atoms with Crippen LogP contribution in [0.1, 0.15) is 6.42 Å². The minimum absolute atomic E-state index is 0.213. The topological polar surface area (TPSA) is 45.2 Å². The standard InChI is InChI=1S/C51H39N5/c1-6-16-38(17-7-1)39-26-28-40(29-27-39)49-52-50(41-30-34-47(35-31-41)55(43-18-8-2-9-19-43)44-20-10-3-11-21-44)54-51(53-49)42-32-36-48(37-33-42)56(45-22-12-4-13-23-45)46-24-14-5-15-25-46/h1-24,26-37,46H,25H2. The van der Waals surface area contributed by atoms with E-state index in [2.05, 4.69) is 210 Å². The molecule has 0 fully saturated rings. The Bertz CT molecular complexity index is 2530. The minimum atomic E-state index is 0.213. The van der Waals surface area contributed by atoms with Crippen molar-refractivity contribution in [2.75, 3.05) is 9.80 Å². The van der Waals surface area contributed by atoms with Gasteiger partial charge in [0, 0.05) is 45.1 Å². The second-order valence-electron chi connectivity index (χ2n) is 13.7. The van der Waals surface area contributed by atoms with Crippen molar-refractivity contribution in [3.63, 3.8) is 0 Å². The highest BCUT2D eigenvalue weighted by Gasteiger charge is 2.20. The molecule has 1 atom stereocenters. The summed E-state index contributed by atoms with van der Waals surface area (Å²) in [5.74, 6) is 1.86. The first-order chi connectivity index (χ1) is 27.8. The van der Waals surface area contributed by atoms with Crippen LogP contribution in [-0.2, 0) is 0 Å². The van der Waals surface area contributed by atoms with Crippen molar-refractivity contribution in [1.29, 1.82) is 0 Å². The van der Waals surface area contributed by atoms with E-state index < -0.39 is 0 Å². The Kier molecular flexibility index (Phi) is 9.79.